The molecule has 0 saturated carbocycles. The smallest absolute Gasteiger partial charge is 0.176 e. The lowest BCUT2D eigenvalue weighted by atomic mass is 9.83. The van der Waals surface area contributed by atoms with Crippen LogP contribution in [0.15, 0.2) is 0 Å². The summed E-state index contributed by atoms with van der Waals surface area (Å²) in [5.74, 6) is -0.178. The number of hydrogen-bond acceptors (Lipinski definition) is 2. The number of piperidine rings is 1. The van der Waals surface area contributed by atoms with E-state index in [2.05, 4.69) is 12.2 Å². The summed E-state index contributed by atoms with van der Waals surface area (Å²) in [6, 6.07) is 0.256. The maximum absolute atomic E-state index is 13.8. The lowest BCUT2D eigenvalue weighted by Gasteiger charge is -2.36. The number of carbonyl (C=O) groups excluding carboxylic acids is 1. The zero-order valence-electron chi connectivity index (χ0n) is 8.68. The van der Waals surface area contributed by atoms with Crippen molar-refractivity contribution in [3.05, 3.63) is 0 Å². The van der Waals surface area contributed by atoms with Gasteiger partial charge in [0.1, 0.15) is 0 Å². The van der Waals surface area contributed by atoms with E-state index in [0.717, 1.165) is 32.1 Å². The molecule has 14 heavy (non-hydrogen) atoms. The molecule has 2 nitrogen and oxygen atoms in total. The largest absolute Gasteiger partial charge is 0.305 e. The average molecular weight is 199 g/mol. The molecule has 2 heterocycles. The Bertz CT molecular complexity index is 243. The zero-order chi connectivity index (χ0) is 10.2. The number of fused-ring (bicyclic) bond motifs is 2. The third kappa shape index (κ3) is 1.48. The lowest BCUT2D eigenvalue weighted by Crippen LogP contribution is -2.58. The van der Waals surface area contributed by atoms with Gasteiger partial charge in [0.2, 0.25) is 0 Å². The molecule has 0 amide bonds. The van der Waals surface area contributed by atoms with Crippen molar-refractivity contribution in [2.24, 2.45) is 0 Å². The number of rotatable bonds is 3. The SMILES string of the molecule is CCCC[C@]12CC[C@@H](CC(=O)[C@H]1F)N2. The molecule has 2 bridgehead atoms. The molecule has 2 saturated heterocycles. The molecule has 2 aliphatic heterocycles. The number of alkyl halides is 1. The molecule has 0 unspecified atom stereocenters. The van der Waals surface area contributed by atoms with Gasteiger partial charge in [-0.2, -0.15) is 0 Å². The van der Waals surface area contributed by atoms with Gasteiger partial charge in [0, 0.05) is 12.5 Å². The lowest BCUT2D eigenvalue weighted by molar-refractivity contribution is -0.129. The number of Topliss-reactive ketones (excluding diaryl/α,β-unsaturated/α-hetero) is 1. The maximum atomic E-state index is 13.8. The number of nitrogens with one attached hydrogen (secondary N) is 1. The highest BCUT2D eigenvalue weighted by atomic mass is 19.1. The molecule has 0 aromatic rings. The van der Waals surface area contributed by atoms with E-state index in [1.807, 2.05) is 0 Å². The van der Waals surface area contributed by atoms with Crippen LogP contribution in [0.4, 0.5) is 4.39 Å². The second-order valence-corrected chi connectivity index (χ2v) is 4.67. The van der Waals surface area contributed by atoms with Crippen molar-refractivity contribution in [1.29, 1.82) is 0 Å². The molecule has 1 N–H and O–H groups in total. The maximum Gasteiger partial charge on any atom is 0.176 e. The Balaban J connectivity index is 2.11. The molecule has 3 atom stereocenters. The van der Waals surface area contributed by atoms with Crippen molar-refractivity contribution in [3.63, 3.8) is 0 Å². The van der Waals surface area contributed by atoms with Gasteiger partial charge in [-0.15, -0.1) is 0 Å². The predicted molar refractivity (Wildman–Crippen MR) is 52.9 cm³/mol. The van der Waals surface area contributed by atoms with Crippen LogP contribution in [0.2, 0.25) is 0 Å². The molecule has 0 aromatic carbocycles. The van der Waals surface area contributed by atoms with Gasteiger partial charge < -0.3 is 5.32 Å². The molecule has 0 aromatic heterocycles. The number of unbranched alkanes of at least 4 members (excludes halogenated alkanes) is 1. The molecule has 0 spiro atoms. The minimum atomic E-state index is -1.26. The summed E-state index contributed by atoms with van der Waals surface area (Å²) in [4.78, 5) is 11.4. The summed E-state index contributed by atoms with van der Waals surface area (Å²) in [5, 5.41) is 3.32. The Labute approximate surface area is 84.3 Å². The Morgan fingerprint density at radius 1 is 1.64 bits per heavy atom. The second kappa shape index (κ2) is 3.61. The van der Waals surface area contributed by atoms with Crippen molar-refractivity contribution < 1.29 is 9.18 Å². The van der Waals surface area contributed by atoms with Gasteiger partial charge in [-0.25, -0.2) is 4.39 Å². The quantitative estimate of drug-likeness (QED) is 0.753. The van der Waals surface area contributed by atoms with Crippen LogP contribution in [0.5, 0.6) is 0 Å². The van der Waals surface area contributed by atoms with Gasteiger partial charge in [0.15, 0.2) is 12.0 Å². The van der Waals surface area contributed by atoms with Crippen LogP contribution < -0.4 is 5.32 Å². The molecular formula is C11H18FNO. The van der Waals surface area contributed by atoms with Crippen molar-refractivity contribution >= 4 is 5.78 Å². The number of ketones is 1. The topological polar surface area (TPSA) is 29.1 Å². The Morgan fingerprint density at radius 3 is 3.14 bits per heavy atom. The Morgan fingerprint density at radius 2 is 2.43 bits per heavy atom. The highest BCUT2D eigenvalue weighted by molar-refractivity contribution is 5.86. The third-order valence-electron chi connectivity index (χ3n) is 3.62. The van der Waals surface area contributed by atoms with Crippen molar-refractivity contribution in [3.8, 4) is 0 Å². The van der Waals surface area contributed by atoms with Gasteiger partial charge in [-0.3, -0.25) is 4.79 Å². The molecule has 80 valence electrons. The average Bonchev–Trinajstić information content (AvgIpc) is 2.53. The first-order chi connectivity index (χ1) is 6.68. The molecule has 3 heteroatoms. The first-order valence-corrected chi connectivity index (χ1v) is 5.62. The summed E-state index contributed by atoms with van der Waals surface area (Å²) in [7, 11) is 0. The Kier molecular flexibility index (Phi) is 2.60. The second-order valence-electron chi connectivity index (χ2n) is 4.67. The summed E-state index contributed by atoms with van der Waals surface area (Å²) in [6.45, 7) is 2.10. The van der Waals surface area contributed by atoms with Gasteiger partial charge in [-0.05, 0) is 19.3 Å². The van der Waals surface area contributed by atoms with E-state index in [1.165, 1.54) is 0 Å². The minimum Gasteiger partial charge on any atom is -0.305 e. The summed E-state index contributed by atoms with van der Waals surface area (Å²) < 4.78 is 13.8. The number of halogens is 1. The molecule has 2 rings (SSSR count). The van der Waals surface area contributed by atoms with Crippen LogP contribution in [-0.2, 0) is 4.79 Å². The van der Waals surface area contributed by atoms with Crippen LogP contribution in [0.3, 0.4) is 0 Å². The van der Waals surface area contributed by atoms with E-state index in [1.54, 1.807) is 0 Å². The first kappa shape index (κ1) is 10.1. The molecule has 0 radical (unpaired) electrons. The van der Waals surface area contributed by atoms with E-state index in [4.69, 9.17) is 0 Å². The number of carbonyl (C=O) groups is 1. The monoisotopic (exact) mass is 199 g/mol. The first-order valence-electron chi connectivity index (χ1n) is 5.62. The summed E-state index contributed by atoms with van der Waals surface area (Å²) >= 11 is 0. The van der Waals surface area contributed by atoms with Gasteiger partial charge in [0.05, 0.1) is 5.54 Å². The van der Waals surface area contributed by atoms with Crippen LogP contribution in [0.25, 0.3) is 0 Å². The van der Waals surface area contributed by atoms with Crippen molar-refractivity contribution in [2.45, 2.75) is 63.2 Å². The third-order valence-corrected chi connectivity index (χ3v) is 3.62. The van der Waals surface area contributed by atoms with Crippen LogP contribution in [-0.4, -0.2) is 23.5 Å². The molecular weight excluding hydrogens is 181 g/mol. The molecule has 2 aliphatic rings. The normalized spacial score (nSPS) is 41.7. The highest BCUT2D eigenvalue weighted by Gasteiger charge is 2.52. The fourth-order valence-electron chi connectivity index (χ4n) is 2.81. The van der Waals surface area contributed by atoms with Crippen LogP contribution >= 0.6 is 0 Å². The summed E-state index contributed by atoms with van der Waals surface area (Å²) in [6.07, 6.45) is 3.83. The minimum absolute atomic E-state index is 0.178. The van der Waals surface area contributed by atoms with Crippen molar-refractivity contribution in [2.75, 3.05) is 0 Å². The van der Waals surface area contributed by atoms with Gasteiger partial charge in [-0.1, -0.05) is 19.8 Å². The van der Waals surface area contributed by atoms with E-state index in [-0.39, 0.29) is 11.8 Å². The number of hydrogen-bond donors (Lipinski definition) is 1. The van der Waals surface area contributed by atoms with E-state index >= 15 is 0 Å². The standard InChI is InChI=1S/C11H18FNO/c1-2-3-5-11-6-4-8(13-11)7-9(14)10(11)12/h8,10,13H,2-7H2,1H3/t8-,10+,11-/m0/s1. The zero-order valence-corrected chi connectivity index (χ0v) is 8.68. The van der Waals surface area contributed by atoms with Gasteiger partial charge >= 0.3 is 0 Å². The predicted octanol–water partition coefficient (Wildman–Crippen LogP) is 1.98. The van der Waals surface area contributed by atoms with Crippen molar-refractivity contribution in [1.82, 2.24) is 5.32 Å². The van der Waals surface area contributed by atoms with E-state index in [9.17, 15) is 9.18 Å². The fraction of sp³-hybridized carbons (Fsp3) is 0.909. The van der Waals surface area contributed by atoms with E-state index in [0.29, 0.717) is 6.42 Å². The molecule has 2 fully saturated rings. The molecule has 0 aliphatic carbocycles. The van der Waals surface area contributed by atoms with Gasteiger partial charge in [0.25, 0.3) is 0 Å². The highest BCUT2D eigenvalue weighted by Crippen LogP contribution is 2.39. The summed E-state index contributed by atoms with van der Waals surface area (Å²) in [5.41, 5.74) is -0.490. The van der Waals surface area contributed by atoms with Crippen LogP contribution in [0.1, 0.15) is 45.4 Å². The van der Waals surface area contributed by atoms with E-state index < -0.39 is 11.7 Å². The Hall–Kier alpha value is -0.440. The van der Waals surface area contributed by atoms with Crippen LogP contribution in [0, 0.1) is 0 Å². The fourth-order valence-corrected chi connectivity index (χ4v) is 2.81.